The van der Waals surface area contributed by atoms with Gasteiger partial charge >= 0.3 is 0 Å². The summed E-state index contributed by atoms with van der Waals surface area (Å²) in [5, 5.41) is 0. The maximum atomic E-state index is 2.69. The molecule has 0 aliphatic heterocycles. The van der Waals surface area contributed by atoms with Gasteiger partial charge in [-0.1, -0.05) is 98.5 Å². The third-order valence-corrected chi connectivity index (χ3v) is 8.14. The Morgan fingerprint density at radius 3 is 1.96 bits per heavy atom. The molecule has 7 atom stereocenters. The maximum Gasteiger partial charge on any atom is -0.00229 e. The Morgan fingerprint density at radius 1 is 0.926 bits per heavy atom. The Morgan fingerprint density at radius 2 is 1.52 bits per heavy atom. The molecule has 0 bridgehead atoms. The molecule has 0 heterocycles. The molecule has 0 saturated carbocycles. The second kappa shape index (κ2) is 10.9. The van der Waals surface area contributed by atoms with Crippen molar-refractivity contribution in [3.63, 3.8) is 0 Å². The average molecular weight is 375 g/mol. The van der Waals surface area contributed by atoms with E-state index in [2.05, 4.69) is 82.2 Å². The van der Waals surface area contributed by atoms with Gasteiger partial charge in [-0.2, -0.15) is 0 Å². The van der Waals surface area contributed by atoms with Gasteiger partial charge in [0.1, 0.15) is 0 Å². The van der Waals surface area contributed by atoms with Gasteiger partial charge in [-0.05, 0) is 73.5 Å². The number of hydrogen-bond donors (Lipinski definition) is 0. The minimum Gasteiger partial charge on any atom is -0.0776 e. The van der Waals surface area contributed by atoms with Crippen LogP contribution in [0.3, 0.4) is 0 Å². The normalized spacial score (nSPS) is 30.6. The Kier molecular flexibility index (Phi) is 9.87. The van der Waals surface area contributed by atoms with Crippen molar-refractivity contribution in [2.24, 2.45) is 47.3 Å². The largest absolute Gasteiger partial charge is 0.0776 e. The quantitative estimate of drug-likeness (QED) is 0.372. The molecule has 7 unspecified atom stereocenters. The van der Waals surface area contributed by atoms with Crippen molar-refractivity contribution in [3.8, 4) is 0 Å². The predicted molar refractivity (Wildman–Crippen MR) is 124 cm³/mol. The molecule has 1 rings (SSSR count). The van der Waals surface area contributed by atoms with E-state index < -0.39 is 0 Å². The second-order valence-corrected chi connectivity index (χ2v) is 10.1. The molecular formula is C27H50. The van der Waals surface area contributed by atoms with Crippen LogP contribution in [0.1, 0.15) is 102 Å². The molecule has 0 nitrogen and oxygen atoms in total. The predicted octanol–water partition coefficient (Wildman–Crippen LogP) is 8.93. The molecule has 1 aliphatic carbocycles. The summed E-state index contributed by atoms with van der Waals surface area (Å²) in [5.74, 6) is 5.61. The number of hydrogen-bond acceptors (Lipinski definition) is 0. The topological polar surface area (TPSA) is 0 Å². The van der Waals surface area contributed by atoms with E-state index >= 15 is 0 Å². The summed E-state index contributed by atoms with van der Waals surface area (Å²) in [4.78, 5) is 0. The summed E-state index contributed by atoms with van der Waals surface area (Å²) in [5.41, 5.74) is 5.26. The van der Waals surface area contributed by atoms with Crippen molar-refractivity contribution in [1.82, 2.24) is 0 Å². The van der Waals surface area contributed by atoms with E-state index in [9.17, 15) is 0 Å². The van der Waals surface area contributed by atoms with E-state index in [1.165, 1.54) is 25.7 Å². The van der Waals surface area contributed by atoms with Gasteiger partial charge in [0.25, 0.3) is 0 Å². The van der Waals surface area contributed by atoms with Gasteiger partial charge in [-0.15, -0.1) is 0 Å². The molecule has 0 N–H and O–H groups in total. The van der Waals surface area contributed by atoms with E-state index in [1.54, 1.807) is 11.1 Å². The highest BCUT2D eigenvalue weighted by molar-refractivity contribution is 5.30. The van der Waals surface area contributed by atoms with Gasteiger partial charge in [0.2, 0.25) is 0 Å². The van der Waals surface area contributed by atoms with Crippen LogP contribution >= 0.6 is 0 Å². The fourth-order valence-electron chi connectivity index (χ4n) is 5.64. The number of allylic oxidation sites excluding steroid dienone is 4. The molecule has 1 aliphatic rings. The lowest BCUT2D eigenvalue weighted by Gasteiger charge is -2.44. The molecule has 158 valence electrons. The molecule has 0 saturated heterocycles. The first-order valence-electron chi connectivity index (χ1n) is 12.0. The van der Waals surface area contributed by atoms with Gasteiger partial charge in [0.15, 0.2) is 0 Å². The van der Waals surface area contributed by atoms with Gasteiger partial charge in [-0.25, -0.2) is 0 Å². The minimum atomic E-state index is 0.625. The molecule has 0 aromatic carbocycles. The SMILES string of the molecule is CCCC(C)C1=C(C)C(CC)C=C(C(C)CC)C(C)C(C)C1C(C)C(C)C. The highest BCUT2D eigenvalue weighted by atomic mass is 14.4. The molecule has 0 heteroatoms. The molecular weight excluding hydrogens is 324 g/mol. The maximum absolute atomic E-state index is 2.69. The highest BCUT2D eigenvalue weighted by Gasteiger charge is 2.38. The second-order valence-electron chi connectivity index (χ2n) is 10.1. The van der Waals surface area contributed by atoms with Crippen LogP contribution in [0.15, 0.2) is 22.8 Å². The van der Waals surface area contributed by atoms with Crippen molar-refractivity contribution >= 4 is 0 Å². The third kappa shape index (κ3) is 5.51. The average Bonchev–Trinajstić information content (AvgIpc) is 2.63. The summed E-state index contributed by atoms with van der Waals surface area (Å²) in [6.45, 7) is 27.0. The summed E-state index contributed by atoms with van der Waals surface area (Å²) in [7, 11) is 0. The van der Waals surface area contributed by atoms with Crippen LogP contribution in [0.4, 0.5) is 0 Å². The first kappa shape index (κ1) is 24.5. The molecule has 0 spiro atoms. The Balaban J connectivity index is 3.67. The Labute approximate surface area is 172 Å². The highest BCUT2D eigenvalue weighted by Crippen LogP contribution is 2.48. The van der Waals surface area contributed by atoms with E-state index in [0.29, 0.717) is 35.5 Å². The van der Waals surface area contributed by atoms with Crippen LogP contribution in [0.2, 0.25) is 0 Å². The zero-order valence-electron chi connectivity index (χ0n) is 20.5. The van der Waals surface area contributed by atoms with Gasteiger partial charge in [0.05, 0.1) is 0 Å². The lowest BCUT2D eigenvalue weighted by Crippen LogP contribution is -2.35. The molecule has 0 aromatic heterocycles. The van der Waals surface area contributed by atoms with E-state index in [-0.39, 0.29) is 0 Å². The first-order valence-corrected chi connectivity index (χ1v) is 12.0. The third-order valence-electron chi connectivity index (χ3n) is 8.14. The Hall–Kier alpha value is -0.520. The van der Waals surface area contributed by atoms with Gasteiger partial charge in [0, 0.05) is 0 Å². The minimum absolute atomic E-state index is 0.625. The summed E-state index contributed by atoms with van der Waals surface area (Å²) >= 11 is 0. The van der Waals surface area contributed by atoms with E-state index in [1.807, 2.05) is 5.57 Å². The van der Waals surface area contributed by atoms with Crippen molar-refractivity contribution in [2.45, 2.75) is 102 Å². The van der Waals surface area contributed by atoms with Crippen LogP contribution in [0, 0.1) is 47.3 Å². The van der Waals surface area contributed by atoms with Gasteiger partial charge in [-0.3, -0.25) is 0 Å². The molecule has 0 aromatic rings. The fourth-order valence-corrected chi connectivity index (χ4v) is 5.64. The lowest BCUT2D eigenvalue weighted by atomic mass is 9.61. The van der Waals surface area contributed by atoms with E-state index in [4.69, 9.17) is 0 Å². The van der Waals surface area contributed by atoms with Crippen molar-refractivity contribution in [1.29, 1.82) is 0 Å². The molecule has 0 fully saturated rings. The first-order chi connectivity index (χ1) is 12.6. The van der Waals surface area contributed by atoms with Crippen LogP contribution in [0.5, 0.6) is 0 Å². The number of rotatable bonds is 8. The van der Waals surface area contributed by atoms with Crippen LogP contribution in [0.25, 0.3) is 0 Å². The molecule has 27 heavy (non-hydrogen) atoms. The summed E-state index contributed by atoms with van der Waals surface area (Å²) < 4.78 is 0. The van der Waals surface area contributed by atoms with Crippen LogP contribution < -0.4 is 0 Å². The van der Waals surface area contributed by atoms with Crippen molar-refractivity contribution < 1.29 is 0 Å². The summed E-state index contributed by atoms with van der Waals surface area (Å²) in [6, 6.07) is 0. The Bertz CT molecular complexity index is 506. The van der Waals surface area contributed by atoms with E-state index in [0.717, 1.165) is 11.8 Å². The van der Waals surface area contributed by atoms with Crippen molar-refractivity contribution in [2.75, 3.05) is 0 Å². The zero-order chi connectivity index (χ0) is 20.9. The summed E-state index contributed by atoms with van der Waals surface area (Å²) in [6.07, 6.45) is 7.80. The van der Waals surface area contributed by atoms with Gasteiger partial charge < -0.3 is 0 Å². The monoisotopic (exact) mass is 374 g/mol. The molecule has 0 radical (unpaired) electrons. The van der Waals surface area contributed by atoms with Crippen LogP contribution in [-0.4, -0.2) is 0 Å². The smallest absolute Gasteiger partial charge is 0.00229 e. The van der Waals surface area contributed by atoms with Crippen molar-refractivity contribution in [3.05, 3.63) is 22.8 Å². The fraction of sp³-hybridized carbons (Fsp3) is 0.852. The lowest BCUT2D eigenvalue weighted by molar-refractivity contribution is 0.182. The molecule has 0 amide bonds. The van der Waals surface area contributed by atoms with Crippen LogP contribution in [-0.2, 0) is 0 Å². The standard InChI is InChI=1S/C27H50/c1-12-15-19(7)26-23(11)24(14-3)16-25(18(6)13-2)21(9)22(10)27(26)20(8)17(4)5/h16-22,24,27H,12-15H2,1-11H3. The zero-order valence-corrected chi connectivity index (χ0v) is 20.5.